The summed E-state index contributed by atoms with van der Waals surface area (Å²) in [6, 6.07) is 8.56. The first-order chi connectivity index (χ1) is 8.61. The molecular weight excluding hydrogens is 224 g/mol. The summed E-state index contributed by atoms with van der Waals surface area (Å²) in [5, 5.41) is 0. The normalized spacial score (nSPS) is 11.4. The van der Waals surface area contributed by atoms with Crippen molar-refractivity contribution < 1.29 is 9.53 Å². The zero-order valence-corrected chi connectivity index (χ0v) is 11.5. The Kier molecular flexibility index (Phi) is 6.20. The van der Waals surface area contributed by atoms with Gasteiger partial charge in [0.2, 0.25) is 0 Å². The Bertz CT molecular complexity index is 402. The Morgan fingerprint density at radius 3 is 2.44 bits per heavy atom. The molecule has 0 aromatic heterocycles. The lowest BCUT2D eigenvalue weighted by atomic mass is 10.1. The Labute approximate surface area is 110 Å². The molecule has 0 N–H and O–H groups in total. The van der Waals surface area contributed by atoms with Crippen molar-refractivity contribution in [3.8, 4) is 0 Å². The van der Waals surface area contributed by atoms with Gasteiger partial charge in [0.1, 0.15) is 6.61 Å². The number of benzene rings is 1. The van der Waals surface area contributed by atoms with Gasteiger partial charge in [-0.1, -0.05) is 43.7 Å². The molecular formula is C16H22O2. The van der Waals surface area contributed by atoms with E-state index in [1.807, 2.05) is 13.0 Å². The molecule has 0 radical (unpaired) electrons. The van der Waals surface area contributed by atoms with Crippen molar-refractivity contribution >= 4 is 12.0 Å². The Morgan fingerprint density at radius 2 is 1.89 bits per heavy atom. The van der Waals surface area contributed by atoms with Gasteiger partial charge in [0.05, 0.1) is 0 Å². The molecule has 0 saturated heterocycles. The lowest BCUT2D eigenvalue weighted by molar-refractivity contribution is -0.139. The second-order valence-electron chi connectivity index (χ2n) is 4.62. The van der Waals surface area contributed by atoms with Crippen molar-refractivity contribution in [2.75, 3.05) is 6.61 Å². The monoisotopic (exact) mass is 246 g/mol. The number of hydrogen-bond acceptors (Lipinski definition) is 2. The van der Waals surface area contributed by atoms with Gasteiger partial charge in [-0.2, -0.15) is 0 Å². The van der Waals surface area contributed by atoms with Crippen LogP contribution >= 0.6 is 0 Å². The van der Waals surface area contributed by atoms with Crippen LogP contribution in [0.25, 0.3) is 6.08 Å². The summed E-state index contributed by atoms with van der Waals surface area (Å²) in [4.78, 5) is 10.7. The zero-order chi connectivity index (χ0) is 13.4. The number of aryl methyl sites for hydroxylation is 1. The Morgan fingerprint density at radius 1 is 1.22 bits per heavy atom. The van der Waals surface area contributed by atoms with E-state index in [-0.39, 0.29) is 5.97 Å². The maximum atomic E-state index is 10.7. The maximum absolute atomic E-state index is 10.7. The standard InChI is InChI=1S/C16H22O2/c1-4-5-6-15-7-9-16(10-8-15)11-13(2)12-18-14(3)17/h7-11H,4-6,12H2,1-3H3. The van der Waals surface area contributed by atoms with Gasteiger partial charge in [-0.15, -0.1) is 0 Å². The summed E-state index contributed by atoms with van der Waals surface area (Å²) in [6.07, 6.45) is 5.66. The third-order valence-corrected chi connectivity index (χ3v) is 2.71. The predicted octanol–water partition coefficient (Wildman–Crippen LogP) is 4.00. The molecule has 0 heterocycles. The molecule has 0 saturated carbocycles. The van der Waals surface area contributed by atoms with Crippen LogP contribution in [-0.4, -0.2) is 12.6 Å². The predicted molar refractivity (Wildman–Crippen MR) is 75.3 cm³/mol. The molecule has 18 heavy (non-hydrogen) atoms. The van der Waals surface area contributed by atoms with Crippen LogP contribution in [0.5, 0.6) is 0 Å². The van der Waals surface area contributed by atoms with Crippen LogP contribution in [0.15, 0.2) is 29.8 Å². The molecule has 2 heteroatoms. The molecule has 0 aliphatic heterocycles. The van der Waals surface area contributed by atoms with Gasteiger partial charge in [0, 0.05) is 6.92 Å². The van der Waals surface area contributed by atoms with E-state index in [0.29, 0.717) is 6.61 Å². The summed E-state index contributed by atoms with van der Waals surface area (Å²) >= 11 is 0. The van der Waals surface area contributed by atoms with Gasteiger partial charge in [0.25, 0.3) is 0 Å². The Hall–Kier alpha value is -1.57. The van der Waals surface area contributed by atoms with E-state index >= 15 is 0 Å². The molecule has 98 valence electrons. The largest absolute Gasteiger partial charge is 0.461 e. The molecule has 1 aromatic carbocycles. The van der Waals surface area contributed by atoms with Crippen molar-refractivity contribution in [1.82, 2.24) is 0 Å². The van der Waals surface area contributed by atoms with Crippen LogP contribution < -0.4 is 0 Å². The van der Waals surface area contributed by atoms with E-state index in [0.717, 1.165) is 17.6 Å². The zero-order valence-electron chi connectivity index (χ0n) is 11.5. The van der Waals surface area contributed by atoms with Crippen LogP contribution in [-0.2, 0) is 16.0 Å². The highest BCUT2D eigenvalue weighted by Gasteiger charge is 1.96. The van der Waals surface area contributed by atoms with Gasteiger partial charge in [0.15, 0.2) is 0 Å². The molecule has 1 rings (SSSR count). The third kappa shape index (κ3) is 5.67. The van der Waals surface area contributed by atoms with Crippen molar-refractivity contribution in [2.24, 2.45) is 0 Å². The number of carbonyl (C=O) groups is 1. The first-order valence-corrected chi connectivity index (χ1v) is 6.51. The fraction of sp³-hybridized carbons (Fsp3) is 0.438. The second-order valence-corrected chi connectivity index (χ2v) is 4.62. The molecule has 1 aromatic rings. The van der Waals surface area contributed by atoms with E-state index < -0.39 is 0 Å². The second kappa shape index (κ2) is 7.70. The third-order valence-electron chi connectivity index (χ3n) is 2.71. The first-order valence-electron chi connectivity index (χ1n) is 6.51. The minimum Gasteiger partial charge on any atom is -0.461 e. The number of esters is 1. The average molecular weight is 246 g/mol. The van der Waals surface area contributed by atoms with E-state index in [4.69, 9.17) is 4.74 Å². The SMILES string of the molecule is CCCCc1ccc(C=C(C)COC(C)=O)cc1. The van der Waals surface area contributed by atoms with Crippen molar-refractivity contribution in [3.05, 3.63) is 41.0 Å². The van der Waals surface area contributed by atoms with Crippen molar-refractivity contribution in [1.29, 1.82) is 0 Å². The molecule has 0 amide bonds. The molecule has 0 bridgehead atoms. The van der Waals surface area contributed by atoms with Crippen LogP contribution in [0.2, 0.25) is 0 Å². The summed E-state index contributed by atoms with van der Waals surface area (Å²) in [6.45, 7) is 5.96. The van der Waals surface area contributed by atoms with Crippen LogP contribution in [0.1, 0.15) is 44.7 Å². The van der Waals surface area contributed by atoms with Crippen LogP contribution in [0.3, 0.4) is 0 Å². The minimum atomic E-state index is -0.238. The molecule has 0 atom stereocenters. The van der Waals surface area contributed by atoms with E-state index in [1.165, 1.54) is 25.3 Å². The number of unbranched alkanes of at least 4 members (excludes halogenated alkanes) is 1. The number of hydrogen-bond donors (Lipinski definition) is 0. The van der Waals surface area contributed by atoms with E-state index in [9.17, 15) is 4.79 Å². The fourth-order valence-corrected chi connectivity index (χ4v) is 1.70. The van der Waals surface area contributed by atoms with E-state index in [1.54, 1.807) is 0 Å². The minimum absolute atomic E-state index is 0.238. The molecule has 0 aliphatic rings. The molecule has 0 spiro atoms. The van der Waals surface area contributed by atoms with Gasteiger partial charge in [-0.05, 0) is 36.5 Å². The summed E-state index contributed by atoms with van der Waals surface area (Å²) in [5.41, 5.74) is 3.58. The maximum Gasteiger partial charge on any atom is 0.302 e. The highest BCUT2D eigenvalue weighted by Crippen LogP contribution is 2.11. The van der Waals surface area contributed by atoms with E-state index in [2.05, 4.69) is 31.2 Å². The lowest BCUT2D eigenvalue weighted by Crippen LogP contribution is -2.01. The summed E-state index contributed by atoms with van der Waals surface area (Å²) < 4.78 is 4.95. The fourth-order valence-electron chi connectivity index (χ4n) is 1.70. The average Bonchev–Trinajstić information content (AvgIpc) is 2.35. The number of ether oxygens (including phenoxy) is 1. The smallest absolute Gasteiger partial charge is 0.302 e. The summed E-state index contributed by atoms with van der Waals surface area (Å²) in [7, 11) is 0. The quantitative estimate of drug-likeness (QED) is 0.709. The lowest BCUT2D eigenvalue weighted by Gasteiger charge is -2.03. The molecule has 0 aliphatic carbocycles. The van der Waals surface area contributed by atoms with Crippen LogP contribution in [0.4, 0.5) is 0 Å². The topological polar surface area (TPSA) is 26.3 Å². The molecule has 2 nitrogen and oxygen atoms in total. The first kappa shape index (κ1) is 14.5. The van der Waals surface area contributed by atoms with Crippen LogP contribution in [0, 0.1) is 0 Å². The van der Waals surface area contributed by atoms with Crippen molar-refractivity contribution in [2.45, 2.75) is 40.0 Å². The molecule has 0 unspecified atom stereocenters. The molecule has 0 fully saturated rings. The number of rotatable bonds is 6. The Balaban J connectivity index is 2.56. The van der Waals surface area contributed by atoms with Gasteiger partial charge in [-0.25, -0.2) is 0 Å². The van der Waals surface area contributed by atoms with Gasteiger partial charge >= 0.3 is 5.97 Å². The van der Waals surface area contributed by atoms with Gasteiger partial charge < -0.3 is 4.74 Å². The van der Waals surface area contributed by atoms with Crippen molar-refractivity contribution in [3.63, 3.8) is 0 Å². The highest BCUT2D eigenvalue weighted by atomic mass is 16.5. The highest BCUT2D eigenvalue weighted by molar-refractivity contribution is 5.66. The van der Waals surface area contributed by atoms with Gasteiger partial charge in [-0.3, -0.25) is 4.79 Å². The number of carbonyl (C=O) groups excluding carboxylic acids is 1. The summed E-state index contributed by atoms with van der Waals surface area (Å²) in [5.74, 6) is -0.238.